The van der Waals surface area contributed by atoms with E-state index in [1.165, 1.54) is 32.1 Å². The van der Waals surface area contributed by atoms with Crippen LogP contribution in [-0.2, 0) is 0 Å². The number of anilines is 2. The summed E-state index contributed by atoms with van der Waals surface area (Å²) in [6, 6.07) is 2.71. The molecule has 1 aliphatic carbocycles. The molecule has 0 spiro atoms. The molecule has 1 aromatic carbocycles. The van der Waals surface area contributed by atoms with Crippen molar-refractivity contribution in [3.63, 3.8) is 0 Å². The molecule has 17 heavy (non-hydrogen) atoms. The first kappa shape index (κ1) is 12.6. The number of hydrogen-bond acceptors (Lipinski definition) is 2. The van der Waals surface area contributed by atoms with Gasteiger partial charge in [-0.15, -0.1) is 0 Å². The van der Waals surface area contributed by atoms with Crippen LogP contribution in [0.4, 0.5) is 11.4 Å². The molecule has 2 rings (SSSR count). The van der Waals surface area contributed by atoms with Gasteiger partial charge in [0.2, 0.25) is 0 Å². The van der Waals surface area contributed by atoms with Crippen LogP contribution in [0, 0.1) is 13.8 Å². The lowest BCUT2D eigenvalue weighted by atomic mass is 9.95. The van der Waals surface area contributed by atoms with Crippen LogP contribution in [0.25, 0.3) is 0 Å². The number of aryl methyl sites for hydroxylation is 1. The maximum atomic E-state index is 6.24. The van der Waals surface area contributed by atoms with E-state index < -0.39 is 0 Å². The molecule has 0 atom stereocenters. The molecule has 1 fully saturated rings. The van der Waals surface area contributed by atoms with Crippen LogP contribution in [0.3, 0.4) is 0 Å². The van der Waals surface area contributed by atoms with Gasteiger partial charge in [-0.3, -0.25) is 0 Å². The Kier molecular flexibility index (Phi) is 3.82. The van der Waals surface area contributed by atoms with Crippen LogP contribution in [0.1, 0.15) is 43.2 Å². The third kappa shape index (κ3) is 2.68. The number of benzene rings is 1. The zero-order valence-corrected chi connectivity index (χ0v) is 11.4. The summed E-state index contributed by atoms with van der Waals surface area (Å²) in [6.07, 6.45) is 6.57. The van der Waals surface area contributed by atoms with E-state index in [2.05, 4.69) is 11.4 Å². The van der Waals surface area contributed by atoms with Crippen molar-refractivity contribution in [1.29, 1.82) is 0 Å². The van der Waals surface area contributed by atoms with E-state index in [0.717, 1.165) is 16.8 Å². The summed E-state index contributed by atoms with van der Waals surface area (Å²) < 4.78 is 0. The molecular weight excluding hydrogens is 232 g/mol. The van der Waals surface area contributed by atoms with Gasteiger partial charge in [0.25, 0.3) is 0 Å². The van der Waals surface area contributed by atoms with Crippen molar-refractivity contribution in [3.8, 4) is 0 Å². The molecule has 2 nitrogen and oxygen atoms in total. The molecule has 0 aromatic heterocycles. The monoisotopic (exact) mass is 252 g/mol. The first-order valence-electron chi connectivity index (χ1n) is 6.41. The predicted molar refractivity (Wildman–Crippen MR) is 75.8 cm³/mol. The summed E-state index contributed by atoms with van der Waals surface area (Å²) in [7, 11) is 0. The highest BCUT2D eigenvalue weighted by atomic mass is 35.5. The van der Waals surface area contributed by atoms with Gasteiger partial charge in [-0.1, -0.05) is 30.9 Å². The fourth-order valence-electron chi connectivity index (χ4n) is 2.51. The smallest absolute Gasteiger partial charge is 0.0687 e. The highest BCUT2D eigenvalue weighted by molar-refractivity contribution is 6.34. The Labute approximate surface area is 109 Å². The molecule has 0 unspecified atom stereocenters. The quantitative estimate of drug-likeness (QED) is 0.771. The third-order valence-electron chi connectivity index (χ3n) is 3.72. The molecule has 0 bridgehead atoms. The number of rotatable bonds is 2. The Morgan fingerprint density at radius 2 is 1.88 bits per heavy atom. The molecule has 3 N–H and O–H groups in total. The molecule has 0 amide bonds. The standard InChI is InChI=1S/C14H21ClN2/c1-9-8-12(10(2)13(15)14(9)16)17-11-6-4-3-5-7-11/h8,11,17H,3-7,16H2,1-2H3. The molecular formula is C14H21ClN2. The van der Waals surface area contributed by atoms with E-state index in [1.54, 1.807) is 0 Å². The van der Waals surface area contributed by atoms with Crippen LogP contribution in [0.5, 0.6) is 0 Å². The maximum Gasteiger partial charge on any atom is 0.0687 e. The molecule has 0 radical (unpaired) electrons. The number of halogens is 1. The van der Waals surface area contributed by atoms with Crippen LogP contribution in [-0.4, -0.2) is 6.04 Å². The van der Waals surface area contributed by atoms with Crippen LogP contribution >= 0.6 is 11.6 Å². The second kappa shape index (κ2) is 5.18. The third-order valence-corrected chi connectivity index (χ3v) is 4.21. The van der Waals surface area contributed by atoms with E-state index in [4.69, 9.17) is 17.3 Å². The van der Waals surface area contributed by atoms with Gasteiger partial charge in [-0.25, -0.2) is 0 Å². The minimum Gasteiger partial charge on any atom is -0.397 e. The van der Waals surface area contributed by atoms with Gasteiger partial charge in [-0.2, -0.15) is 0 Å². The lowest BCUT2D eigenvalue weighted by Gasteiger charge is -2.25. The molecule has 1 aromatic rings. The van der Waals surface area contributed by atoms with Gasteiger partial charge in [0.15, 0.2) is 0 Å². The van der Waals surface area contributed by atoms with Gasteiger partial charge in [0.1, 0.15) is 0 Å². The summed E-state index contributed by atoms with van der Waals surface area (Å²) >= 11 is 6.24. The highest BCUT2D eigenvalue weighted by Crippen LogP contribution is 2.33. The second-order valence-electron chi connectivity index (χ2n) is 5.07. The SMILES string of the molecule is Cc1cc(NC2CCCCC2)c(C)c(Cl)c1N. The van der Waals surface area contributed by atoms with Crippen molar-refractivity contribution >= 4 is 23.0 Å². The number of nitrogens with one attached hydrogen (secondary N) is 1. The molecule has 0 aliphatic heterocycles. The zero-order chi connectivity index (χ0) is 12.4. The fraction of sp³-hybridized carbons (Fsp3) is 0.571. The van der Waals surface area contributed by atoms with Crippen molar-refractivity contribution < 1.29 is 0 Å². The fourth-order valence-corrected chi connectivity index (χ4v) is 2.76. The van der Waals surface area contributed by atoms with E-state index in [0.29, 0.717) is 16.8 Å². The van der Waals surface area contributed by atoms with Crippen LogP contribution in [0.2, 0.25) is 5.02 Å². The topological polar surface area (TPSA) is 38.0 Å². The Balaban J connectivity index is 2.20. The summed E-state index contributed by atoms with van der Waals surface area (Å²) in [4.78, 5) is 0. The van der Waals surface area contributed by atoms with E-state index >= 15 is 0 Å². The van der Waals surface area contributed by atoms with Gasteiger partial charge >= 0.3 is 0 Å². The number of nitrogens with two attached hydrogens (primary N) is 1. The Morgan fingerprint density at radius 3 is 2.53 bits per heavy atom. The van der Waals surface area contributed by atoms with Crippen molar-refractivity contribution in [2.75, 3.05) is 11.1 Å². The van der Waals surface area contributed by atoms with Crippen molar-refractivity contribution in [1.82, 2.24) is 0 Å². The average Bonchev–Trinajstić information content (AvgIpc) is 2.35. The largest absolute Gasteiger partial charge is 0.397 e. The minimum atomic E-state index is 0.599. The van der Waals surface area contributed by atoms with Gasteiger partial charge in [0.05, 0.1) is 10.7 Å². The molecule has 1 aliphatic rings. The predicted octanol–water partition coefficient (Wildman–Crippen LogP) is 4.28. The normalized spacial score (nSPS) is 17.1. The highest BCUT2D eigenvalue weighted by Gasteiger charge is 2.16. The summed E-state index contributed by atoms with van der Waals surface area (Å²) in [5.74, 6) is 0. The summed E-state index contributed by atoms with van der Waals surface area (Å²) in [5, 5.41) is 4.32. The van der Waals surface area contributed by atoms with E-state index in [9.17, 15) is 0 Å². The van der Waals surface area contributed by atoms with Crippen LogP contribution < -0.4 is 11.1 Å². The first-order chi connectivity index (χ1) is 8.09. The minimum absolute atomic E-state index is 0.599. The number of nitrogen functional groups attached to an aromatic ring is 1. The lowest BCUT2D eigenvalue weighted by Crippen LogP contribution is -2.22. The second-order valence-corrected chi connectivity index (χ2v) is 5.45. The van der Waals surface area contributed by atoms with Gasteiger partial charge < -0.3 is 11.1 Å². The number of hydrogen-bond donors (Lipinski definition) is 2. The molecule has 94 valence electrons. The molecule has 0 saturated heterocycles. The maximum absolute atomic E-state index is 6.24. The Hall–Kier alpha value is -0.890. The van der Waals surface area contributed by atoms with Gasteiger partial charge in [-0.05, 0) is 43.9 Å². The van der Waals surface area contributed by atoms with E-state index in [-0.39, 0.29) is 0 Å². The van der Waals surface area contributed by atoms with Crippen molar-refractivity contribution in [3.05, 3.63) is 22.2 Å². The Bertz CT molecular complexity index is 409. The van der Waals surface area contributed by atoms with Crippen molar-refractivity contribution in [2.24, 2.45) is 0 Å². The van der Waals surface area contributed by atoms with E-state index in [1.807, 2.05) is 13.8 Å². The lowest BCUT2D eigenvalue weighted by molar-refractivity contribution is 0.462. The summed E-state index contributed by atoms with van der Waals surface area (Å²) in [6.45, 7) is 4.04. The van der Waals surface area contributed by atoms with Crippen LogP contribution in [0.15, 0.2) is 6.07 Å². The summed E-state index contributed by atoms with van der Waals surface area (Å²) in [5.41, 5.74) is 9.90. The van der Waals surface area contributed by atoms with Gasteiger partial charge in [0, 0.05) is 11.7 Å². The zero-order valence-electron chi connectivity index (χ0n) is 10.6. The first-order valence-corrected chi connectivity index (χ1v) is 6.79. The van der Waals surface area contributed by atoms with Crippen molar-refractivity contribution in [2.45, 2.75) is 52.0 Å². The Morgan fingerprint density at radius 1 is 1.24 bits per heavy atom. The molecule has 3 heteroatoms. The molecule has 1 saturated carbocycles. The average molecular weight is 253 g/mol. The molecule has 0 heterocycles.